The second kappa shape index (κ2) is 5.75. The van der Waals surface area contributed by atoms with E-state index in [1.165, 1.54) is 0 Å². The summed E-state index contributed by atoms with van der Waals surface area (Å²) in [5.41, 5.74) is 0.134. The smallest absolute Gasteiger partial charge is 0.226 e. The molecule has 0 unspecified atom stereocenters. The van der Waals surface area contributed by atoms with Crippen LogP contribution in [-0.4, -0.2) is 15.2 Å². The molecule has 1 heterocycles. The van der Waals surface area contributed by atoms with Crippen molar-refractivity contribution in [2.75, 3.05) is 0 Å². The van der Waals surface area contributed by atoms with E-state index in [2.05, 4.69) is 10.1 Å². The minimum Gasteiger partial charge on any atom is -0.479 e. The number of aliphatic hydroxyl groups is 1. The van der Waals surface area contributed by atoms with Gasteiger partial charge in [-0.2, -0.15) is 4.98 Å². The van der Waals surface area contributed by atoms with Gasteiger partial charge in [0, 0.05) is 6.42 Å². The van der Waals surface area contributed by atoms with Crippen LogP contribution in [0.4, 0.5) is 8.78 Å². The number of aromatic nitrogens is 2. The molecule has 0 saturated carbocycles. The predicted molar refractivity (Wildman–Crippen MR) is 60.3 cm³/mol. The summed E-state index contributed by atoms with van der Waals surface area (Å²) >= 11 is 0. The molecular formula is C12H12F2N2O3. The lowest BCUT2D eigenvalue weighted by atomic mass is 10.2. The number of aliphatic hydroxyl groups excluding tert-OH is 1. The monoisotopic (exact) mass is 270 g/mol. The Kier molecular flexibility index (Phi) is 4.06. The van der Waals surface area contributed by atoms with Gasteiger partial charge in [-0.3, -0.25) is 0 Å². The molecule has 2 aromatic rings. The third-order valence-electron chi connectivity index (χ3n) is 2.40. The first-order chi connectivity index (χ1) is 9.13. The minimum atomic E-state index is -0.886. The lowest BCUT2D eigenvalue weighted by Gasteiger charge is -2.07. The van der Waals surface area contributed by atoms with E-state index in [9.17, 15) is 8.78 Å². The van der Waals surface area contributed by atoms with Crippen LogP contribution in [0, 0.1) is 11.6 Å². The Bertz CT molecular complexity index is 549. The molecule has 0 bridgehead atoms. The lowest BCUT2D eigenvalue weighted by molar-refractivity contribution is 0.255. The molecule has 0 radical (unpaired) electrons. The van der Waals surface area contributed by atoms with Crippen LogP contribution < -0.4 is 4.74 Å². The van der Waals surface area contributed by atoms with E-state index in [0.717, 1.165) is 12.1 Å². The Morgan fingerprint density at radius 2 is 2.00 bits per heavy atom. The van der Waals surface area contributed by atoms with Gasteiger partial charge < -0.3 is 14.4 Å². The topological polar surface area (TPSA) is 68.4 Å². The molecule has 2 rings (SSSR count). The SMILES string of the molecule is CCc1nc(COc2c(F)cc(CO)cc2F)no1. The van der Waals surface area contributed by atoms with Gasteiger partial charge in [0.1, 0.15) is 0 Å². The maximum absolute atomic E-state index is 13.5. The Labute approximate surface area is 107 Å². The molecule has 0 spiro atoms. The number of nitrogens with zero attached hydrogens (tertiary/aromatic N) is 2. The highest BCUT2D eigenvalue weighted by Gasteiger charge is 2.14. The number of hydrogen-bond donors (Lipinski definition) is 1. The fourth-order valence-corrected chi connectivity index (χ4v) is 1.47. The van der Waals surface area contributed by atoms with Crippen molar-refractivity contribution >= 4 is 0 Å². The van der Waals surface area contributed by atoms with Gasteiger partial charge in [0.05, 0.1) is 6.61 Å². The Hall–Kier alpha value is -2.02. The van der Waals surface area contributed by atoms with Crippen LogP contribution in [0.5, 0.6) is 5.75 Å². The molecule has 19 heavy (non-hydrogen) atoms. The van der Waals surface area contributed by atoms with Crippen molar-refractivity contribution in [1.82, 2.24) is 10.1 Å². The molecule has 1 aromatic heterocycles. The Morgan fingerprint density at radius 1 is 1.32 bits per heavy atom. The maximum Gasteiger partial charge on any atom is 0.226 e. The van der Waals surface area contributed by atoms with Crippen LogP contribution in [-0.2, 0) is 19.6 Å². The van der Waals surface area contributed by atoms with Crippen LogP contribution in [0.2, 0.25) is 0 Å². The van der Waals surface area contributed by atoms with Crippen molar-refractivity contribution in [3.63, 3.8) is 0 Å². The number of ether oxygens (including phenoxy) is 1. The van der Waals surface area contributed by atoms with Crippen LogP contribution in [0.15, 0.2) is 16.7 Å². The molecule has 1 N–H and O–H groups in total. The summed E-state index contributed by atoms with van der Waals surface area (Å²) in [6.45, 7) is 1.19. The van der Waals surface area contributed by atoms with Gasteiger partial charge in [-0.15, -0.1) is 0 Å². The average molecular weight is 270 g/mol. The van der Waals surface area contributed by atoms with Crippen molar-refractivity contribution in [2.24, 2.45) is 0 Å². The Morgan fingerprint density at radius 3 is 2.53 bits per heavy atom. The zero-order valence-electron chi connectivity index (χ0n) is 10.2. The van der Waals surface area contributed by atoms with Gasteiger partial charge in [-0.05, 0) is 17.7 Å². The molecular weight excluding hydrogens is 258 g/mol. The van der Waals surface area contributed by atoms with Crippen LogP contribution >= 0.6 is 0 Å². The molecule has 0 atom stereocenters. The lowest BCUT2D eigenvalue weighted by Crippen LogP contribution is -2.02. The molecule has 0 fully saturated rings. The summed E-state index contributed by atoms with van der Waals surface area (Å²) in [7, 11) is 0. The molecule has 1 aromatic carbocycles. The highest BCUT2D eigenvalue weighted by atomic mass is 19.1. The summed E-state index contributed by atoms with van der Waals surface area (Å²) in [5.74, 6) is -1.66. The summed E-state index contributed by atoms with van der Waals surface area (Å²) in [6.07, 6.45) is 0.570. The van der Waals surface area contributed by atoms with Gasteiger partial charge in [0.2, 0.25) is 11.7 Å². The van der Waals surface area contributed by atoms with Crippen LogP contribution in [0.3, 0.4) is 0 Å². The number of rotatable bonds is 5. The van der Waals surface area contributed by atoms with E-state index in [0.29, 0.717) is 12.3 Å². The van der Waals surface area contributed by atoms with Gasteiger partial charge in [-0.1, -0.05) is 12.1 Å². The second-order valence-electron chi connectivity index (χ2n) is 3.79. The molecule has 5 nitrogen and oxygen atoms in total. The number of aryl methyl sites for hydroxylation is 1. The molecule has 0 aliphatic rings. The minimum absolute atomic E-state index is 0.134. The first kappa shape index (κ1) is 13.4. The third kappa shape index (κ3) is 3.05. The Balaban J connectivity index is 2.11. The van der Waals surface area contributed by atoms with Crippen molar-refractivity contribution in [3.8, 4) is 5.75 Å². The highest BCUT2D eigenvalue weighted by molar-refractivity contribution is 5.31. The fraction of sp³-hybridized carbons (Fsp3) is 0.333. The van der Waals surface area contributed by atoms with E-state index in [-0.39, 0.29) is 18.0 Å². The molecule has 0 aliphatic carbocycles. The third-order valence-corrected chi connectivity index (χ3v) is 2.40. The normalized spacial score (nSPS) is 10.7. The first-order valence-electron chi connectivity index (χ1n) is 5.67. The first-order valence-corrected chi connectivity index (χ1v) is 5.67. The number of halogens is 2. The zero-order chi connectivity index (χ0) is 13.8. The van der Waals surface area contributed by atoms with E-state index >= 15 is 0 Å². The molecule has 0 amide bonds. The van der Waals surface area contributed by atoms with Crippen molar-refractivity contribution in [1.29, 1.82) is 0 Å². The van der Waals surface area contributed by atoms with E-state index in [1.54, 1.807) is 0 Å². The van der Waals surface area contributed by atoms with Crippen LogP contribution in [0.1, 0.15) is 24.2 Å². The maximum atomic E-state index is 13.5. The van der Waals surface area contributed by atoms with E-state index < -0.39 is 24.0 Å². The summed E-state index contributed by atoms with van der Waals surface area (Å²) in [6, 6.07) is 2.01. The van der Waals surface area contributed by atoms with Crippen molar-refractivity contribution in [2.45, 2.75) is 26.6 Å². The summed E-state index contributed by atoms with van der Waals surface area (Å²) in [4.78, 5) is 3.95. The van der Waals surface area contributed by atoms with Gasteiger partial charge in [-0.25, -0.2) is 8.78 Å². The quantitative estimate of drug-likeness (QED) is 0.899. The van der Waals surface area contributed by atoms with Crippen molar-refractivity contribution in [3.05, 3.63) is 41.0 Å². The van der Waals surface area contributed by atoms with Gasteiger partial charge in [0.15, 0.2) is 24.0 Å². The standard InChI is InChI=1S/C12H12F2N2O3/c1-2-11-15-10(16-19-11)6-18-12-8(13)3-7(5-17)4-9(12)14/h3-4,17H,2,5-6H2,1H3. The van der Waals surface area contributed by atoms with Crippen molar-refractivity contribution < 1.29 is 23.1 Å². The number of benzene rings is 1. The summed E-state index contributed by atoms with van der Waals surface area (Å²) in [5, 5.41) is 12.4. The average Bonchev–Trinajstić information content (AvgIpc) is 2.85. The molecule has 102 valence electrons. The predicted octanol–water partition coefficient (Wildman–Crippen LogP) is 1.98. The number of hydrogen-bond acceptors (Lipinski definition) is 5. The highest BCUT2D eigenvalue weighted by Crippen LogP contribution is 2.24. The van der Waals surface area contributed by atoms with Crippen LogP contribution in [0.25, 0.3) is 0 Å². The van der Waals surface area contributed by atoms with Gasteiger partial charge >= 0.3 is 0 Å². The van der Waals surface area contributed by atoms with E-state index in [1.807, 2.05) is 6.92 Å². The molecule has 0 aliphatic heterocycles. The molecule has 0 saturated heterocycles. The van der Waals surface area contributed by atoms with Gasteiger partial charge in [0.25, 0.3) is 0 Å². The largest absolute Gasteiger partial charge is 0.479 e. The zero-order valence-corrected chi connectivity index (χ0v) is 10.2. The fourth-order valence-electron chi connectivity index (χ4n) is 1.47. The van der Waals surface area contributed by atoms with E-state index in [4.69, 9.17) is 14.4 Å². The summed E-state index contributed by atoms with van der Waals surface area (Å²) < 4.78 is 36.9. The molecule has 7 heteroatoms. The second-order valence-corrected chi connectivity index (χ2v) is 3.79.